The average molecular weight is 346 g/mol. The Morgan fingerprint density at radius 1 is 1.24 bits per heavy atom. The van der Waals surface area contributed by atoms with Crippen LogP contribution < -0.4 is 5.32 Å². The fourth-order valence-corrected chi connectivity index (χ4v) is 4.31. The number of nitrogens with one attached hydrogen (secondary N) is 1. The molecule has 7 heteroatoms. The Bertz CT molecular complexity index is 579. The lowest BCUT2D eigenvalue weighted by Crippen LogP contribution is -2.47. The number of nitrogens with zero attached hydrogens (tertiary/aromatic N) is 3. The van der Waals surface area contributed by atoms with Crippen molar-refractivity contribution in [2.45, 2.75) is 43.9 Å². The molecule has 1 aromatic rings. The van der Waals surface area contributed by atoms with Gasteiger partial charge in [-0.3, -0.25) is 14.7 Å². The largest absolute Gasteiger partial charge is 0.381 e. The summed E-state index contributed by atoms with van der Waals surface area (Å²) in [7, 11) is 0. The van der Waals surface area contributed by atoms with Crippen molar-refractivity contribution in [3.8, 4) is 0 Å². The molecule has 3 aliphatic rings. The molecule has 0 aliphatic carbocycles. The highest BCUT2D eigenvalue weighted by molar-refractivity contribution is 5.92. The summed E-state index contributed by atoms with van der Waals surface area (Å²) in [5, 5.41) is 3.13. The molecule has 3 atom stereocenters. The Morgan fingerprint density at radius 3 is 2.92 bits per heavy atom. The molecule has 4 rings (SSSR count). The highest BCUT2D eigenvalue weighted by Crippen LogP contribution is 2.31. The van der Waals surface area contributed by atoms with Gasteiger partial charge in [-0.25, -0.2) is 4.98 Å². The van der Waals surface area contributed by atoms with Crippen molar-refractivity contribution in [1.82, 2.24) is 20.2 Å². The summed E-state index contributed by atoms with van der Waals surface area (Å²) in [6, 6.07) is 0.420. The minimum Gasteiger partial charge on any atom is -0.381 e. The second kappa shape index (κ2) is 7.76. The predicted octanol–water partition coefficient (Wildman–Crippen LogP) is 0.865. The lowest BCUT2D eigenvalue weighted by Gasteiger charge is -2.34. The normalized spacial score (nSPS) is 30.8. The monoisotopic (exact) mass is 346 g/mol. The average Bonchev–Trinajstić information content (AvgIpc) is 3.01. The summed E-state index contributed by atoms with van der Waals surface area (Å²) < 4.78 is 11.5. The Labute approximate surface area is 148 Å². The van der Waals surface area contributed by atoms with Gasteiger partial charge in [-0.15, -0.1) is 0 Å². The molecule has 0 unspecified atom stereocenters. The molecular weight excluding hydrogens is 320 g/mol. The molecule has 0 radical (unpaired) electrons. The van der Waals surface area contributed by atoms with Crippen molar-refractivity contribution >= 4 is 5.91 Å². The molecule has 1 N–H and O–H groups in total. The van der Waals surface area contributed by atoms with E-state index >= 15 is 0 Å². The van der Waals surface area contributed by atoms with E-state index < -0.39 is 0 Å². The summed E-state index contributed by atoms with van der Waals surface area (Å²) in [5.74, 6) is 0.518. The number of aromatic nitrogens is 2. The van der Waals surface area contributed by atoms with Gasteiger partial charge in [-0.1, -0.05) is 0 Å². The summed E-state index contributed by atoms with van der Waals surface area (Å²) >= 11 is 0. The first-order valence-corrected chi connectivity index (χ1v) is 9.31. The number of amides is 1. The minimum atomic E-state index is -0.168. The van der Waals surface area contributed by atoms with E-state index in [4.69, 9.17) is 9.47 Å². The topological polar surface area (TPSA) is 76.6 Å². The van der Waals surface area contributed by atoms with Crippen molar-refractivity contribution in [3.05, 3.63) is 24.3 Å². The quantitative estimate of drug-likeness (QED) is 0.872. The molecule has 0 aromatic carbocycles. The first kappa shape index (κ1) is 16.9. The van der Waals surface area contributed by atoms with Crippen LogP contribution in [0.5, 0.6) is 0 Å². The van der Waals surface area contributed by atoms with E-state index in [2.05, 4.69) is 20.2 Å². The second-order valence-electron chi connectivity index (χ2n) is 7.23. The lowest BCUT2D eigenvalue weighted by molar-refractivity contribution is -0.0255. The van der Waals surface area contributed by atoms with Crippen molar-refractivity contribution in [3.63, 3.8) is 0 Å². The van der Waals surface area contributed by atoms with E-state index in [1.54, 1.807) is 12.4 Å². The molecule has 3 saturated heterocycles. The van der Waals surface area contributed by atoms with Crippen LogP contribution >= 0.6 is 0 Å². The summed E-state index contributed by atoms with van der Waals surface area (Å²) in [6.07, 6.45) is 9.19. The maximum Gasteiger partial charge on any atom is 0.271 e. The lowest BCUT2D eigenvalue weighted by atomic mass is 9.97. The molecule has 4 heterocycles. The maximum absolute atomic E-state index is 12.5. The molecule has 0 saturated carbocycles. The third kappa shape index (κ3) is 3.83. The molecule has 3 fully saturated rings. The number of hydrogen-bond acceptors (Lipinski definition) is 6. The van der Waals surface area contributed by atoms with Gasteiger partial charge in [0.2, 0.25) is 0 Å². The van der Waals surface area contributed by atoms with Gasteiger partial charge >= 0.3 is 0 Å². The van der Waals surface area contributed by atoms with Crippen molar-refractivity contribution in [2.24, 2.45) is 5.92 Å². The molecule has 0 bridgehead atoms. The zero-order valence-electron chi connectivity index (χ0n) is 14.5. The number of carbonyl (C=O) groups excluding carboxylic acids is 1. The zero-order chi connectivity index (χ0) is 17.1. The first-order chi connectivity index (χ1) is 12.3. The Kier molecular flexibility index (Phi) is 5.24. The molecular formula is C18H26N4O3. The molecule has 1 aromatic heterocycles. The molecule has 7 nitrogen and oxygen atoms in total. The Hall–Kier alpha value is -1.57. The van der Waals surface area contributed by atoms with E-state index in [-0.39, 0.29) is 18.1 Å². The number of rotatable bonds is 4. The van der Waals surface area contributed by atoms with Crippen LogP contribution in [0.3, 0.4) is 0 Å². The third-order valence-corrected chi connectivity index (χ3v) is 5.58. The summed E-state index contributed by atoms with van der Waals surface area (Å²) in [6.45, 7) is 4.44. The first-order valence-electron chi connectivity index (χ1n) is 9.31. The standard InChI is InChI=1S/C18H26N4O3/c23-18(14-10-19-5-6-20-14)21-15-12-22(11-13-3-8-24-9-4-13)16-2-1-7-25-17(15)16/h5-6,10,13,15-17H,1-4,7-9,11-12H2,(H,21,23)/t15-,16+,17+/m1/s1. The highest BCUT2D eigenvalue weighted by Gasteiger charge is 2.45. The number of fused-ring (bicyclic) bond motifs is 1. The van der Waals surface area contributed by atoms with Crippen LogP contribution in [0.25, 0.3) is 0 Å². The van der Waals surface area contributed by atoms with Gasteiger partial charge in [-0.05, 0) is 31.6 Å². The molecule has 0 spiro atoms. The number of hydrogen-bond donors (Lipinski definition) is 1. The van der Waals surface area contributed by atoms with Crippen molar-refractivity contribution in [2.75, 3.05) is 32.9 Å². The zero-order valence-corrected chi connectivity index (χ0v) is 14.5. The van der Waals surface area contributed by atoms with E-state index in [0.717, 1.165) is 58.6 Å². The molecule has 25 heavy (non-hydrogen) atoms. The van der Waals surface area contributed by atoms with Gasteiger partial charge in [-0.2, -0.15) is 0 Å². The minimum absolute atomic E-state index is 0.0136. The molecule has 136 valence electrons. The van der Waals surface area contributed by atoms with E-state index in [0.29, 0.717) is 17.7 Å². The molecule has 3 aliphatic heterocycles. The number of ether oxygens (including phenoxy) is 2. The number of likely N-dealkylation sites (tertiary alicyclic amines) is 1. The SMILES string of the molecule is O=C(N[C@@H]1CN(CC2CCOCC2)[C@H]2CCCO[C@@H]12)c1cnccn1. The van der Waals surface area contributed by atoms with Crippen molar-refractivity contribution in [1.29, 1.82) is 0 Å². The van der Waals surface area contributed by atoms with Crippen LogP contribution in [0.4, 0.5) is 0 Å². The predicted molar refractivity (Wildman–Crippen MR) is 91.2 cm³/mol. The van der Waals surface area contributed by atoms with Gasteiger partial charge in [0, 0.05) is 51.3 Å². The van der Waals surface area contributed by atoms with Gasteiger partial charge in [0.25, 0.3) is 5.91 Å². The fraction of sp³-hybridized carbons (Fsp3) is 0.722. The van der Waals surface area contributed by atoms with Crippen LogP contribution in [-0.2, 0) is 9.47 Å². The number of carbonyl (C=O) groups is 1. The second-order valence-corrected chi connectivity index (χ2v) is 7.23. The fourth-order valence-electron chi connectivity index (χ4n) is 4.31. The Balaban J connectivity index is 1.42. The Morgan fingerprint density at radius 2 is 2.12 bits per heavy atom. The van der Waals surface area contributed by atoms with Crippen LogP contribution in [-0.4, -0.2) is 71.9 Å². The van der Waals surface area contributed by atoms with Gasteiger partial charge < -0.3 is 14.8 Å². The van der Waals surface area contributed by atoms with E-state index in [9.17, 15) is 4.79 Å². The van der Waals surface area contributed by atoms with Crippen molar-refractivity contribution < 1.29 is 14.3 Å². The smallest absolute Gasteiger partial charge is 0.271 e. The summed E-state index contributed by atoms with van der Waals surface area (Å²) in [4.78, 5) is 23.1. The highest BCUT2D eigenvalue weighted by atomic mass is 16.5. The van der Waals surface area contributed by atoms with E-state index in [1.807, 2.05) is 0 Å². The van der Waals surface area contributed by atoms with Crippen LogP contribution in [0.1, 0.15) is 36.2 Å². The van der Waals surface area contributed by atoms with E-state index in [1.165, 1.54) is 6.20 Å². The molecule has 1 amide bonds. The van der Waals surface area contributed by atoms with Crippen LogP contribution in [0, 0.1) is 5.92 Å². The third-order valence-electron chi connectivity index (χ3n) is 5.58. The van der Waals surface area contributed by atoms with Crippen LogP contribution in [0.2, 0.25) is 0 Å². The van der Waals surface area contributed by atoms with Crippen LogP contribution in [0.15, 0.2) is 18.6 Å². The van der Waals surface area contributed by atoms with Gasteiger partial charge in [0.1, 0.15) is 5.69 Å². The maximum atomic E-state index is 12.5. The van der Waals surface area contributed by atoms with Gasteiger partial charge in [0.15, 0.2) is 0 Å². The van der Waals surface area contributed by atoms with Gasteiger partial charge in [0.05, 0.1) is 18.3 Å². The summed E-state index contributed by atoms with van der Waals surface area (Å²) in [5.41, 5.74) is 0.359.